The third-order valence-corrected chi connectivity index (χ3v) is 4.75. The third kappa shape index (κ3) is 1.86. The highest BCUT2D eigenvalue weighted by molar-refractivity contribution is 5.91. The summed E-state index contributed by atoms with van der Waals surface area (Å²) < 4.78 is 5.87. The Morgan fingerprint density at radius 1 is 1.48 bits per heavy atom. The van der Waals surface area contributed by atoms with Crippen LogP contribution in [-0.2, 0) is 11.2 Å². The molecule has 1 spiro atoms. The van der Waals surface area contributed by atoms with Crippen LogP contribution in [0.1, 0.15) is 25.3 Å². The number of nitrogens with one attached hydrogen (secondary N) is 1. The Hall–Kier alpha value is -1.66. The maximum atomic E-state index is 10.2. The van der Waals surface area contributed by atoms with E-state index in [-0.39, 0.29) is 6.10 Å². The number of hydrogen-bond acceptors (Lipinski definition) is 5. The Balaban J connectivity index is 1.65. The minimum atomic E-state index is -0.391. The van der Waals surface area contributed by atoms with Crippen LogP contribution in [0.4, 0.5) is 5.82 Å². The summed E-state index contributed by atoms with van der Waals surface area (Å²) >= 11 is 0. The zero-order valence-electron chi connectivity index (χ0n) is 12.2. The lowest BCUT2D eigenvalue weighted by molar-refractivity contribution is -0.166. The van der Waals surface area contributed by atoms with Crippen molar-refractivity contribution in [2.45, 2.75) is 37.9 Å². The van der Waals surface area contributed by atoms with E-state index >= 15 is 0 Å². The predicted molar refractivity (Wildman–Crippen MR) is 79.4 cm³/mol. The van der Waals surface area contributed by atoms with Gasteiger partial charge in [0.05, 0.1) is 24.6 Å². The second-order valence-corrected chi connectivity index (χ2v) is 6.02. The van der Waals surface area contributed by atoms with Crippen molar-refractivity contribution in [2.24, 2.45) is 0 Å². The lowest BCUT2D eigenvalue weighted by Crippen LogP contribution is -2.70. The molecule has 1 atom stereocenters. The number of rotatable bonds is 2. The fraction of sp³-hybridized carbons (Fsp3) is 0.600. The molecule has 0 aliphatic carbocycles. The van der Waals surface area contributed by atoms with Crippen LogP contribution in [0.3, 0.4) is 0 Å². The first kappa shape index (κ1) is 13.0. The van der Waals surface area contributed by atoms with Gasteiger partial charge in [-0.3, -0.25) is 0 Å². The van der Waals surface area contributed by atoms with Crippen LogP contribution in [0.2, 0.25) is 0 Å². The number of hydrogen-bond donors (Lipinski definition) is 2. The number of ether oxygens (including phenoxy) is 1. The molecule has 2 N–H and O–H groups in total. The zero-order valence-corrected chi connectivity index (χ0v) is 12.2. The summed E-state index contributed by atoms with van der Waals surface area (Å²) in [6.45, 7) is 4.28. The Kier molecular flexibility index (Phi) is 2.90. The van der Waals surface area contributed by atoms with Gasteiger partial charge < -0.3 is 19.7 Å². The number of aliphatic hydroxyl groups is 1. The minimum Gasteiger partial charge on any atom is -0.390 e. The molecule has 2 aliphatic heterocycles. The van der Waals surface area contributed by atoms with Gasteiger partial charge in [-0.25, -0.2) is 9.97 Å². The molecular formula is C15H20N4O2. The number of aromatic amines is 1. The van der Waals surface area contributed by atoms with E-state index in [1.165, 1.54) is 5.56 Å². The highest BCUT2D eigenvalue weighted by atomic mass is 16.5. The smallest absolute Gasteiger partial charge is 0.143 e. The summed E-state index contributed by atoms with van der Waals surface area (Å²) in [6, 6.07) is 0. The zero-order chi connectivity index (χ0) is 14.4. The lowest BCUT2D eigenvalue weighted by Gasteiger charge is -2.54. The van der Waals surface area contributed by atoms with Gasteiger partial charge in [-0.05, 0) is 24.8 Å². The van der Waals surface area contributed by atoms with Crippen LogP contribution >= 0.6 is 0 Å². The molecule has 2 saturated heterocycles. The summed E-state index contributed by atoms with van der Waals surface area (Å²) in [7, 11) is 0. The highest BCUT2D eigenvalue weighted by Crippen LogP contribution is 2.39. The third-order valence-electron chi connectivity index (χ3n) is 4.75. The van der Waals surface area contributed by atoms with E-state index in [0.29, 0.717) is 13.1 Å². The van der Waals surface area contributed by atoms with Crippen LogP contribution < -0.4 is 4.90 Å². The molecule has 1 unspecified atom stereocenters. The fourth-order valence-corrected chi connectivity index (χ4v) is 3.49. The summed E-state index contributed by atoms with van der Waals surface area (Å²) in [5, 5.41) is 11.3. The second-order valence-electron chi connectivity index (χ2n) is 6.02. The van der Waals surface area contributed by atoms with Gasteiger partial charge in [0.25, 0.3) is 0 Å². The van der Waals surface area contributed by atoms with Gasteiger partial charge in [-0.2, -0.15) is 0 Å². The largest absolute Gasteiger partial charge is 0.390 e. The standard InChI is InChI=1S/C15H20N4O2/c1-2-10-6-16-13-12(10)14(18-9-17-13)19-7-15(8-19)11(20)4-3-5-21-15/h6,9,11,20H,2-5,7-8H2,1H3,(H,16,17,18). The second kappa shape index (κ2) is 4.68. The molecule has 0 aromatic carbocycles. The fourth-order valence-electron chi connectivity index (χ4n) is 3.49. The van der Waals surface area contributed by atoms with Crippen LogP contribution in [-0.4, -0.2) is 51.5 Å². The molecule has 2 fully saturated rings. The Morgan fingerprint density at radius 2 is 2.33 bits per heavy atom. The quantitative estimate of drug-likeness (QED) is 0.870. The summed E-state index contributed by atoms with van der Waals surface area (Å²) in [4.78, 5) is 14.2. The van der Waals surface area contributed by atoms with Crippen molar-refractivity contribution < 1.29 is 9.84 Å². The van der Waals surface area contributed by atoms with E-state index in [1.807, 2.05) is 6.20 Å². The van der Waals surface area contributed by atoms with Crippen LogP contribution in [0.15, 0.2) is 12.5 Å². The van der Waals surface area contributed by atoms with Gasteiger partial charge in [0.1, 0.15) is 23.4 Å². The van der Waals surface area contributed by atoms with Crippen LogP contribution in [0.25, 0.3) is 11.0 Å². The number of aromatic nitrogens is 3. The van der Waals surface area contributed by atoms with Gasteiger partial charge in [-0.15, -0.1) is 0 Å². The summed E-state index contributed by atoms with van der Waals surface area (Å²) in [5.41, 5.74) is 1.72. The Labute approximate surface area is 123 Å². The molecule has 2 aliphatic rings. The molecule has 4 rings (SSSR count). The molecule has 6 heteroatoms. The predicted octanol–water partition coefficient (Wildman–Crippen LogP) is 1.25. The number of aliphatic hydroxyl groups excluding tert-OH is 1. The first-order valence-electron chi connectivity index (χ1n) is 7.61. The van der Waals surface area contributed by atoms with Crippen molar-refractivity contribution in [1.82, 2.24) is 15.0 Å². The number of nitrogens with zero attached hydrogens (tertiary/aromatic N) is 3. The molecule has 6 nitrogen and oxygen atoms in total. The lowest BCUT2D eigenvalue weighted by atomic mass is 9.83. The summed E-state index contributed by atoms with van der Waals surface area (Å²) in [5.74, 6) is 0.949. The molecule has 0 bridgehead atoms. The maximum absolute atomic E-state index is 10.2. The molecule has 2 aromatic heterocycles. The highest BCUT2D eigenvalue weighted by Gasteiger charge is 2.51. The Morgan fingerprint density at radius 3 is 3.10 bits per heavy atom. The van der Waals surface area contributed by atoms with Crippen molar-refractivity contribution >= 4 is 16.9 Å². The molecule has 0 radical (unpaired) electrons. The normalized spacial score (nSPS) is 24.5. The maximum Gasteiger partial charge on any atom is 0.143 e. The molecule has 2 aromatic rings. The minimum absolute atomic E-state index is 0.364. The van der Waals surface area contributed by atoms with Gasteiger partial charge in [0, 0.05) is 12.8 Å². The van der Waals surface area contributed by atoms with E-state index in [9.17, 15) is 5.11 Å². The topological polar surface area (TPSA) is 74.3 Å². The number of fused-ring (bicyclic) bond motifs is 1. The van der Waals surface area contributed by atoms with Gasteiger partial charge in [0.2, 0.25) is 0 Å². The number of H-pyrrole nitrogens is 1. The SMILES string of the molecule is CCc1c[nH]c2ncnc(N3CC4(C3)OCCCC4O)c12. The first-order chi connectivity index (χ1) is 10.2. The van der Waals surface area contributed by atoms with E-state index in [4.69, 9.17) is 4.74 Å². The van der Waals surface area contributed by atoms with Crippen LogP contribution in [0, 0.1) is 0 Å². The number of anilines is 1. The van der Waals surface area contributed by atoms with Crippen molar-refractivity contribution in [3.05, 3.63) is 18.1 Å². The van der Waals surface area contributed by atoms with Gasteiger partial charge in [-0.1, -0.05) is 6.92 Å². The van der Waals surface area contributed by atoms with E-state index in [0.717, 1.165) is 42.7 Å². The van der Waals surface area contributed by atoms with Gasteiger partial charge in [0.15, 0.2) is 0 Å². The van der Waals surface area contributed by atoms with Crippen molar-refractivity contribution in [3.63, 3.8) is 0 Å². The first-order valence-corrected chi connectivity index (χ1v) is 7.61. The molecule has 4 heterocycles. The average molecular weight is 288 g/mol. The molecular weight excluding hydrogens is 268 g/mol. The molecule has 0 saturated carbocycles. The van der Waals surface area contributed by atoms with E-state index < -0.39 is 5.60 Å². The van der Waals surface area contributed by atoms with Crippen LogP contribution in [0.5, 0.6) is 0 Å². The van der Waals surface area contributed by atoms with Crippen molar-refractivity contribution in [1.29, 1.82) is 0 Å². The van der Waals surface area contributed by atoms with E-state index in [1.54, 1.807) is 6.33 Å². The van der Waals surface area contributed by atoms with Crippen molar-refractivity contribution in [3.8, 4) is 0 Å². The Bertz CT molecular complexity index is 663. The molecule has 0 amide bonds. The van der Waals surface area contributed by atoms with E-state index in [2.05, 4.69) is 26.8 Å². The summed E-state index contributed by atoms with van der Waals surface area (Å²) in [6.07, 6.45) is 5.95. The monoisotopic (exact) mass is 288 g/mol. The average Bonchev–Trinajstić information content (AvgIpc) is 2.89. The molecule has 21 heavy (non-hydrogen) atoms. The molecule has 112 valence electrons. The van der Waals surface area contributed by atoms with Crippen molar-refractivity contribution in [2.75, 3.05) is 24.6 Å². The number of aryl methyl sites for hydroxylation is 1. The van der Waals surface area contributed by atoms with Gasteiger partial charge >= 0.3 is 0 Å².